The number of methoxy groups -OCH3 is 1. The molecule has 0 fully saturated rings. The first-order valence-electron chi connectivity index (χ1n) is 9.97. The van der Waals surface area contributed by atoms with Crippen LogP contribution in [0.5, 0.6) is 5.88 Å². The van der Waals surface area contributed by atoms with Crippen LogP contribution >= 0.6 is 23.4 Å². The number of nitrogens with one attached hydrogen (secondary N) is 1. The van der Waals surface area contributed by atoms with Gasteiger partial charge in [0.25, 0.3) is 10.0 Å². The second-order valence-electron chi connectivity index (χ2n) is 7.27. The van der Waals surface area contributed by atoms with Crippen LogP contribution in [0.2, 0.25) is 5.02 Å². The van der Waals surface area contributed by atoms with Crippen LogP contribution in [0.15, 0.2) is 53.0 Å². The zero-order chi connectivity index (χ0) is 25.6. The van der Waals surface area contributed by atoms with Gasteiger partial charge in [-0.25, -0.2) is 32.2 Å². The van der Waals surface area contributed by atoms with Gasteiger partial charge in [-0.05, 0) is 30.5 Å². The Morgan fingerprint density at radius 1 is 1.14 bits per heavy atom. The van der Waals surface area contributed by atoms with Crippen molar-refractivity contribution in [3.8, 4) is 17.0 Å². The average Bonchev–Trinajstić information content (AvgIpc) is 3.36. The van der Waals surface area contributed by atoms with E-state index in [1.165, 1.54) is 48.1 Å². The molecule has 0 saturated heterocycles. The SMILES string of the molecule is COc1ncc(Cl)cc1S(=O)(=O)Nc1ccc(F)c(-c2cc3cnc(SC)nc3n3cnnc23)c1F. The molecular formula is C21H14ClF2N7O3S2. The van der Waals surface area contributed by atoms with Gasteiger partial charge in [0.2, 0.25) is 5.88 Å². The van der Waals surface area contributed by atoms with Crippen molar-refractivity contribution in [2.24, 2.45) is 0 Å². The van der Waals surface area contributed by atoms with Crippen molar-refractivity contribution in [3.63, 3.8) is 0 Å². The van der Waals surface area contributed by atoms with Crippen molar-refractivity contribution in [2.45, 2.75) is 10.1 Å². The summed E-state index contributed by atoms with van der Waals surface area (Å²) < 4.78 is 65.4. The Kier molecular flexibility index (Phi) is 6.10. The highest BCUT2D eigenvalue weighted by atomic mass is 35.5. The Hall–Kier alpha value is -3.62. The molecule has 10 nitrogen and oxygen atoms in total. The predicted octanol–water partition coefficient (Wildman–Crippen LogP) is 4.20. The van der Waals surface area contributed by atoms with Crippen LogP contribution < -0.4 is 9.46 Å². The van der Waals surface area contributed by atoms with Crippen LogP contribution in [-0.4, -0.2) is 51.3 Å². The van der Waals surface area contributed by atoms with Gasteiger partial charge in [0.1, 0.15) is 12.1 Å². The monoisotopic (exact) mass is 549 g/mol. The number of rotatable bonds is 6. The quantitative estimate of drug-likeness (QED) is 0.245. The van der Waals surface area contributed by atoms with E-state index in [1.807, 2.05) is 6.26 Å². The molecule has 0 amide bonds. The van der Waals surface area contributed by atoms with Gasteiger partial charge >= 0.3 is 0 Å². The third-order valence-corrected chi connectivity index (χ3v) is 7.27. The van der Waals surface area contributed by atoms with Crippen molar-refractivity contribution < 1.29 is 21.9 Å². The molecule has 5 aromatic rings. The summed E-state index contributed by atoms with van der Waals surface area (Å²) in [5.41, 5.74) is -0.443. The highest BCUT2D eigenvalue weighted by Crippen LogP contribution is 2.36. The van der Waals surface area contributed by atoms with Gasteiger partial charge in [0.05, 0.1) is 23.4 Å². The largest absolute Gasteiger partial charge is 0.480 e. The van der Waals surface area contributed by atoms with Crippen molar-refractivity contribution >= 4 is 55.8 Å². The number of sulfonamides is 1. The molecular weight excluding hydrogens is 536 g/mol. The highest BCUT2D eigenvalue weighted by molar-refractivity contribution is 7.98. The lowest BCUT2D eigenvalue weighted by Gasteiger charge is -2.14. The van der Waals surface area contributed by atoms with E-state index in [9.17, 15) is 8.42 Å². The number of pyridine rings is 2. The van der Waals surface area contributed by atoms with Gasteiger partial charge in [0.15, 0.2) is 27.2 Å². The van der Waals surface area contributed by atoms with E-state index in [4.69, 9.17) is 16.3 Å². The zero-order valence-electron chi connectivity index (χ0n) is 18.4. The third-order valence-electron chi connectivity index (χ3n) is 5.15. The second-order valence-corrected chi connectivity index (χ2v) is 10.1. The van der Waals surface area contributed by atoms with Gasteiger partial charge in [-0.15, -0.1) is 10.2 Å². The first-order valence-corrected chi connectivity index (χ1v) is 13.1. The van der Waals surface area contributed by atoms with Crippen molar-refractivity contribution in [1.29, 1.82) is 0 Å². The molecule has 0 aliphatic rings. The fourth-order valence-electron chi connectivity index (χ4n) is 3.57. The summed E-state index contributed by atoms with van der Waals surface area (Å²) in [4.78, 5) is 12.0. The fourth-order valence-corrected chi connectivity index (χ4v) is 5.33. The molecule has 0 saturated carbocycles. The number of anilines is 1. The summed E-state index contributed by atoms with van der Waals surface area (Å²) in [6.07, 6.45) is 5.88. The van der Waals surface area contributed by atoms with E-state index in [2.05, 4.69) is 29.9 Å². The molecule has 36 heavy (non-hydrogen) atoms. The van der Waals surface area contributed by atoms with Crippen molar-refractivity contribution in [1.82, 2.24) is 29.5 Å². The zero-order valence-corrected chi connectivity index (χ0v) is 20.8. The molecule has 0 aliphatic heterocycles. The molecule has 4 heterocycles. The predicted molar refractivity (Wildman–Crippen MR) is 130 cm³/mol. The molecule has 15 heteroatoms. The van der Waals surface area contributed by atoms with Crippen LogP contribution in [0, 0.1) is 11.6 Å². The lowest BCUT2D eigenvalue weighted by molar-refractivity contribution is 0.385. The standard InChI is InChI=1S/C21H14ClF2N7O3S2/c1-34-20-15(6-11(22)8-25-20)36(32,33)30-14-4-3-13(23)16(17(14)24)12-5-10-7-26-21(35-2)28-18(10)31-9-27-29-19(12)31/h3-9,30H,1-2H3. The maximum absolute atomic E-state index is 15.7. The summed E-state index contributed by atoms with van der Waals surface area (Å²) in [7, 11) is -3.20. The number of fused-ring (bicyclic) bond motifs is 3. The summed E-state index contributed by atoms with van der Waals surface area (Å²) in [6, 6.07) is 4.47. The first-order chi connectivity index (χ1) is 17.2. The summed E-state index contributed by atoms with van der Waals surface area (Å²) in [5.74, 6) is -2.36. The summed E-state index contributed by atoms with van der Waals surface area (Å²) in [6.45, 7) is 0. The summed E-state index contributed by atoms with van der Waals surface area (Å²) >= 11 is 7.22. The molecule has 1 N–H and O–H groups in total. The molecule has 1 aromatic carbocycles. The number of ether oxygens (including phenoxy) is 1. The minimum atomic E-state index is -4.43. The average molecular weight is 550 g/mol. The number of hydrogen-bond donors (Lipinski definition) is 1. The van der Waals surface area contributed by atoms with Crippen LogP contribution in [0.3, 0.4) is 0 Å². The first kappa shape index (κ1) is 24.1. The van der Waals surface area contributed by atoms with E-state index in [0.717, 1.165) is 18.2 Å². The van der Waals surface area contributed by atoms with Crippen LogP contribution in [0.1, 0.15) is 0 Å². The van der Waals surface area contributed by atoms with Gasteiger partial charge in [-0.3, -0.25) is 9.12 Å². The Morgan fingerprint density at radius 2 is 1.94 bits per heavy atom. The van der Waals surface area contributed by atoms with Gasteiger partial charge < -0.3 is 4.74 Å². The Morgan fingerprint density at radius 3 is 2.69 bits per heavy atom. The number of hydrogen-bond acceptors (Lipinski definition) is 9. The Labute approximate surface area is 211 Å². The molecule has 0 aliphatic carbocycles. The lowest BCUT2D eigenvalue weighted by Crippen LogP contribution is -2.16. The Bertz CT molecular complexity index is 1770. The maximum atomic E-state index is 15.7. The number of nitrogens with zero attached hydrogens (tertiary/aromatic N) is 6. The van der Waals surface area contributed by atoms with Crippen molar-refractivity contribution in [3.05, 3.63) is 59.6 Å². The molecule has 0 unspecified atom stereocenters. The van der Waals surface area contributed by atoms with Gasteiger partial charge in [-0.2, -0.15) is 0 Å². The van der Waals surface area contributed by atoms with Crippen LogP contribution in [0.25, 0.3) is 27.8 Å². The van der Waals surface area contributed by atoms with E-state index >= 15 is 8.78 Å². The van der Waals surface area contributed by atoms with Crippen molar-refractivity contribution in [2.75, 3.05) is 18.1 Å². The van der Waals surface area contributed by atoms with Crippen LogP contribution in [-0.2, 0) is 10.0 Å². The number of halogens is 3. The number of benzene rings is 1. The van der Waals surface area contributed by atoms with Crippen LogP contribution in [0.4, 0.5) is 14.5 Å². The third kappa shape index (κ3) is 4.06. The minimum absolute atomic E-state index is 0.0219. The van der Waals surface area contributed by atoms with Gasteiger partial charge in [-0.1, -0.05) is 23.4 Å². The van der Waals surface area contributed by atoms with Gasteiger partial charge in [0, 0.05) is 23.3 Å². The second kappa shape index (κ2) is 9.11. The molecule has 0 bridgehead atoms. The topological polar surface area (TPSA) is 124 Å². The normalized spacial score (nSPS) is 11.8. The minimum Gasteiger partial charge on any atom is -0.480 e. The lowest BCUT2D eigenvalue weighted by atomic mass is 10.0. The van der Waals surface area contributed by atoms with E-state index in [0.29, 0.717) is 16.2 Å². The molecule has 0 atom stereocenters. The highest BCUT2D eigenvalue weighted by Gasteiger charge is 2.26. The number of thioether (sulfide) groups is 1. The molecule has 0 spiro atoms. The molecule has 5 rings (SSSR count). The molecule has 4 aromatic heterocycles. The van der Waals surface area contributed by atoms with E-state index < -0.39 is 37.8 Å². The fraction of sp³-hybridized carbons (Fsp3) is 0.0952. The van der Waals surface area contributed by atoms with E-state index in [1.54, 1.807) is 0 Å². The molecule has 0 radical (unpaired) electrons. The Balaban J connectivity index is 1.68. The molecule has 184 valence electrons. The number of aromatic nitrogens is 6. The van der Waals surface area contributed by atoms with E-state index in [-0.39, 0.29) is 22.1 Å². The smallest absolute Gasteiger partial charge is 0.267 e. The maximum Gasteiger partial charge on any atom is 0.267 e. The summed E-state index contributed by atoms with van der Waals surface area (Å²) in [5, 5.41) is 8.84.